The van der Waals surface area contributed by atoms with Crippen molar-refractivity contribution in [2.75, 3.05) is 19.6 Å². The highest BCUT2D eigenvalue weighted by molar-refractivity contribution is 5.77. The van der Waals surface area contributed by atoms with Crippen LogP contribution in [0.15, 0.2) is 91.3 Å². The summed E-state index contributed by atoms with van der Waals surface area (Å²) in [5.41, 5.74) is 3.41. The van der Waals surface area contributed by atoms with Gasteiger partial charge in [-0.05, 0) is 60.7 Å². The van der Waals surface area contributed by atoms with Gasteiger partial charge in [0.1, 0.15) is 0 Å². The molecule has 0 spiro atoms. The summed E-state index contributed by atoms with van der Waals surface area (Å²) < 4.78 is 0. The summed E-state index contributed by atoms with van der Waals surface area (Å²) in [6.45, 7) is 3.03. The van der Waals surface area contributed by atoms with Crippen molar-refractivity contribution in [3.05, 3.63) is 108 Å². The van der Waals surface area contributed by atoms with E-state index in [0.29, 0.717) is 12.3 Å². The summed E-state index contributed by atoms with van der Waals surface area (Å²) in [7, 11) is 0. The summed E-state index contributed by atoms with van der Waals surface area (Å²) >= 11 is 0. The largest absolute Gasteiger partial charge is 0.345 e. The van der Waals surface area contributed by atoms with Crippen LogP contribution in [0.25, 0.3) is 6.08 Å². The SMILES string of the molecule is O=C(CC1CCN(C/C=C/c2ccncc2)CC1)NC(c1ccccc1)c1ccccc1. The fourth-order valence-corrected chi connectivity index (χ4v) is 4.32. The van der Waals surface area contributed by atoms with Crippen LogP contribution in [-0.4, -0.2) is 35.4 Å². The van der Waals surface area contributed by atoms with Gasteiger partial charge in [-0.2, -0.15) is 0 Å². The minimum atomic E-state index is -0.108. The van der Waals surface area contributed by atoms with Crippen LogP contribution < -0.4 is 5.32 Å². The second-order valence-corrected chi connectivity index (χ2v) is 8.45. The van der Waals surface area contributed by atoms with Crippen molar-refractivity contribution in [2.45, 2.75) is 25.3 Å². The second kappa shape index (κ2) is 11.4. The normalized spacial score (nSPS) is 15.3. The van der Waals surface area contributed by atoms with Crippen molar-refractivity contribution in [1.29, 1.82) is 0 Å². The molecule has 0 aliphatic carbocycles. The molecular weight excluding hydrogens is 394 g/mol. The number of rotatable bonds is 8. The molecule has 4 nitrogen and oxygen atoms in total. The van der Waals surface area contributed by atoms with Crippen molar-refractivity contribution in [2.24, 2.45) is 5.92 Å². The molecule has 1 amide bonds. The molecule has 4 rings (SSSR count). The van der Waals surface area contributed by atoms with Crippen molar-refractivity contribution in [3.63, 3.8) is 0 Å². The zero-order valence-electron chi connectivity index (χ0n) is 18.4. The standard InChI is InChI=1S/C28H31N3O/c32-27(30-28(25-9-3-1-4-10-25)26-11-5-2-6-12-26)22-24-15-20-31(21-16-24)19-7-8-23-13-17-29-18-14-23/h1-14,17-18,24,28H,15-16,19-22H2,(H,30,32)/b8-7+. The van der Waals surface area contributed by atoms with Gasteiger partial charge in [-0.25, -0.2) is 0 Å². The first-order chi connectivity index (χ1) is 15.8. The molecule has 0 atom stereocenters. The predicted molar refractivity (Wildman–Crippen MR) is 130 cm³/mol. The molecule has 0 radical (unpaired) electrons. The van der Waals surface area contributed by atoms with Gasteiger partial charge in [0.15, 0.2) is 0 Å². The van der Waals surface area contributed by atoms with Gasteiger partial charge in [-0.1, -0.05) is 72.8 Å². The van der Waals surface area contributed by atoms with Crippen molar-refractivity contribution < 1.29 is 4.79 Å². The number of hydrogen-bond donors (Lipinski definition) is 1. The fourth-order valence-electron chi connectivity index (χ4n) is 4.32. The molecule has 1 aliphatic rings. The maximum absolute atomic E-state index is 12.9. The molecule has 1 aliphatic heterocycles. The summed E-state index contributed by atoms with van der Waals surface area (Å²) in [4.78, 5) is 19.4. The number of benzene rings is 2. The minimum Gasteiger partial charge on any atom is -0.345 e. The van der Waals surface area contributed by atoms with E-state index in [4.69, 9.17) is 0 Å². The lowest BCUT2D eigenvalue weighted by atomic mass is 9.92. The lowest BCUT2D eigenvalue weighted by Gasteiger charge is -2.31. The molecule has 1 fully saturated rings. The minimum absolute atomic E-state index is 0.108. The molecule has 1 N–H and O–H groups in total. The number of nitrogens with zero attached hydrogens (tertiary/aromatic N) is 2. The Morgan fingerprint density at radius 1 is 0.938 bits per heavy atom. The summed E-state index contributed by atoms with van der Waals surface area (Å²) in [5, 5.41) is 3.29. The van der Waals surface area contributed by atoms with Crippen molar-refractivity contribution in [1.82, 2.24) is 15.2 Å². The van der Waals surface area contributed by atoms with Crippen molar-refractivity contribution in [3.8, 4) is 0 Å². The average molecular weight is 426 g/mol. The van der Waals surface area contributed by atoms with Gasteiger partial charge in [0.05, 0.1) is 6.04 Å². The Bertz CT molecular complexity index is 941. The average Bonchev–Trinajstić information content (AvgIpc) is 2.85. The Balaban J connectivity index is 1.27. The highest BCUT2D eigenvalue weighted by atomic mass is 16.1. The maximum atomic E-state index is 12.9. The van der Waals surface area contributed by atoms with E-state index in [9.17, 15) is 4.79 Å². The number of aromatic nitrogens is 1. The zero-order chi connectivity index (χ0) is 22.0. The molecule has 2 aromatic carbocycles. The Morgan fingerprint density at radius 3 is 2.12 bits per heavy atom. The number of carbonyl (C=O) groups is 1. The van der Waals surface area contributed by atoms with Crippen LogP contribution in [0.5, 0.6) is 0 Å². The molecule has 0 unspecified atom stereocenters. The summed E-state index contributed by atoms with van der Waals surface area (Å²) in [6.07, 6.45) is 10.7. The Labute approximate surface area is 191 Å². The van der Waals surface area contributed by atoms with Crippen LogP contribution in [-0.2, 0) is 4.79 Å². The monoisotopic (exact) mass is 425 g/mol. The highest BCUT2D eigenvalue weighted by Gasteiger charge is 2.23. The van der Waals surface area contributed by atoms with Gasteiger partial charge in [0.25, 0.3) is 0 Å². The fraction of sp³-hybridized carbons (Fsp3) is 0.286. The van der Waals surface area contributed by atoms with E-state index >= 15 is 0 Å². The Kier molecular flexibility index (Phi) is 7.83. The van der Waals surface area contributed by atoms with E-state index in [1.807, 2.05) is 60.9 Å². The molecule has 32 heavy (non-hydrogen) atoms. The lowest BCUT2D eigenvalue weighted by molar-refractivity contribution is -0.122. The van der Waals surface area contributed by atoms with E-state index in [0.717, 1.165) is 43.6 Å². The van der Waals surface area contributed by atoms with Gasteiger partial charge in [-0.3, -0.25) is 14.7 Å². The number of pyridine rings is 1. The number of carbonyl (C=O) groups excluding carboxylic acids is 1. The molecule has 4 heteroatoms. The zero-order valence-corrected chi connectivity index (χ0v) is 18.4. The lowest BCUT2D eigenvalue weighted by Crippen LogP contribution is -2.36. The second-order valence-electron chi connectivity index (χ2n) is 8.45. The molecule has 1 saturated heterocycles. The van der Waals surface area contributed by atoms with E-state index < -0.39 is 0 Å². The number of likely N-dealkylation sites (tertiary alicyclic amines) is 1. The molecular formula is C28H31N3O. The first kappa shape index (κ1) is 22.0. The first-order valence-electron chi connectivity index (χ1n) is 11.5. The van der Waals surface area contributed by atoms with E-state index in [2.05, 4.69) is 51.6 Å². The smallest absolute Gasteiger partial charge is 0.221 e. The topological polar surface area (TPSA) is 45.2 Å². The Hall–Kier alpha value is -3.24. The Morgan fingerprint density at radius 2 is 1.53 bits per heavy atom. The van der Waals surface area contributed by atoms with Gasteiger partial charge in [-0.15, -0.1) is 0 Å². The maximum Gasteiger partial charge on any atom is 0.221 e. The van der Waals surface area contributed by atoms with Crippen LogP contribution in [0, 0.1) is 5.92 Å². The van der Waals surface area contributed by atoms with E-state index in [1.54, 1.807) is 0 Å². The number of hydrogen-bond acceptors (Lipinski definition) is 3. The molecule has 0 saturated carbocycles. The van der Waals surface area contributed by atoms with Crippen LogP contribution in [0.1, 0.15) is 42.0 Å². The molecule has 2 heterocycles. The molecule has 3 aromatic rings. The first-order valence-corrected chi connectivity index (χ1v) is 11.5. The van der Waals surface area contributed by atoms with Gasteiger partial charge < -0.3 is 5.32 Å². The summed E-state index contributed by atoms with van der Waals surface area (Å²) in [5.74, 6) is 0.585. The predicted octanol–water partition coefficient (Wildman–Crippen LogP) is 5.10. The number of piperidine rings is 1. The van der Waals surface area contributed by atoms with Crippen LogP contribution in [0.4, 0.5) is 0 Å². The van der Waals surface area contributed by atoms with Gasteiger partial charge in [0, 0.05) is 25.4 Å². The third kappa shape index (κ3) is 6.38. The van der Waals surface area contributed by atoms with Gasteiger partial charge in [0.2, 0.25) is 5.91 Å². The third-order valence-corrected chi connectivity index (χ3v) is 6.13. The number of amides is 1. The highest BCUT2D eigenvalue weighted by Crippen LogP contribution is 2.24. The quantitative estimate of drug-likeness (QED) is 0.546. The molecule has 164 valence electrons. The van der Waals surface area contributed by atoms with Crippen LogP contribution in [0.3, 0.4) is 0 Å². The van der Waals surface area contributed by atoms with E-state index in [-0.39, 0.29) is 11.9 Å². The molecule has 0 bridgehead atoms. The molecule has 1 aromatic heterocycles. The van der Waals surface area contributed by atoms with Crippen molar-refractivity contribution >= 4 is 12.0 Å². The third-order valence-electron chi connectivity index (χ3n) is 6.13. The van der Waals surface area contributed by atoms with E-state index in [1.165, 1.54) is 5.56 Å². The van der Waals surface area contributed by atoms with Crippen LogP contribution >= 0.6 is 0 Å². The summed E-state index contributed by atoms with van der Waals surface area (Å²) in [6, 6.07) is 24.3. The number of nitrogens with one attached hydrogen (secondary N) is 1. The van der Waals surface area contributed by atoms with Gasteiger partial charge >= 0.3 is 0 Å². The van der Waals surface area contributed by atoms with Crippen LogP contribution in [0.2, 0.25) is 0 Å².